The lowest BCUT2D eigenvalue weighted by Crippen LogP contribution is -2.22. The average molecular weight is 211 g/mol. The van der Waals surface area contributed by atoms with Crippen LogP contribution in [0.1, 0.15) is 27.7 Å². The Balaban J connectivity index is 4.08. The first-order valence-corrected chi connectivity index (χ1v) is 6.84. The predicted molar refractivity (Wildman–Crippen MR) is 55.8 cm³/mol. The SMILES string of the molecule is CCOP(=S)(NC(C)C)OCC. The van der Waals surface area contributed by atoms with Gasteiger partial charge in [-0.15, -0.1) is 0 Å². The molecule has 0 spiro atoms. The zero-order chi connectivity index (χ0) is 9.61. The van der Waals surface area contributed by atoms with E-state index in [9.17, 15) is 0 Å². The second-order valence-electron chi connectivity index (χ2n) is 2.62. The molecular weight excluding hydrogens is 193 g/mol. The highest BCUT2D eigenvalue weighted by molar-refractivity contribution is 8.09. The van der Waals surface area contributed by atoms with Gasteiger partial charge in [-0.1, -0.05) is 0 Å². The molecule has 0 atom stereocenters. The quantitative estimate of drug-likeness (QED) is 0.683. The highest BCUT2D eigenvalue weighted by atomic mass is 32.5. The molecule has 3 nitrogen and oxygen atoms in total. The van der Waals surface area contributed by atoms with E-state index in [1.165, 1.54) is 0 Å². The van der Waals surface area contributed by atoms with E-state index < -0.39 is 6.64 Å². The van der Waals surface area contributed by atoms with E-state index in [1.54, 1.807) is 0 Å². The first kappa shape index (κ1) is 12.5. The van der Waals surface area contributed by atoms with Crippen molar-refractivity contribution in [3.05, 3.63) is 0 Å². The second kappa shape index (κ2) is 6.06. The predicted octanol–water partition coefficient (Wildman–Crippen LogP) is 2.28. The molecule has 0 amide bonds. The van der Waals surface area contributed by atoms with Crippen LogP contribution in [0.25, 0.3) is 0 Å². The Morgan fingerprint density at radius 1 is 1.25 bits per heavy atom. The summed E-state index contributed by atoms with van der Waals surface area (Å²) in [7, 11) is 0. The number of nitrogens with one attached hydrogen (secondary N) is 1. The van der Waals surface area contributed by atoms with Crippen molar-refractivity contribution in [1.82, 2.24) is 5.09 Å². The van der Waals surface area contributed by atoms with Crippen molar-refractivity contribution < 1.29 is 9.05 Å². The maximum absolute atomic E-state index is 5.37. The third-order valence-electron chi connectivity index (χ3n) is 1.01. The molecule has 0 heterocycles. The summed E-state index contributed by atoms with van der Waals surface area (Å²) in [6, 6.07) is 0.300. The van der Waals surface area contributed by atoms with Crippen LogP contribution in [-0.2, 0) is 20.9 Å². The zero-order valence-electron chi connectivity index (χ0n) is 8.16. The van der Waals surface area contributed by atoms with Gasteiger partial charge < -0.3 is 9.05 Å². The molecular formula is C7H18NO2PS. The van der Waals surface area contributed by atoms with Crippen LogP contribution in [0.5, 0.6) is 0 Å². The van der Waals surface area contributed by atoms with Crippen molar-refractivity contribution in [3.63, 3.8) is 0 Å². The van der Waals surface area contributed by atoms with Gasteiger partial charge in [-0.3, -0.25) is 0 Å². The highest BCUT2D eigenvalue weighted by Gasteiger charge is 2.17. The third kappa shape index (κ3) is 5.22. The summed E-state index contributed by atoms with van der Waals surface area (Å²) in [6.45, 7) is 6.89. The van der Waals surface area contributed by atoms with Crippen molar-refractivity contribution >= 4 is 18.4 Å². The molecule has 0 bridgehead atoms. The number of hydrogen-bond acceptors (Lipinski definition) is 3. The van der Waals surface area contributed by atoms with Crippen LogP contribution < -0.4 is 5.09 Å². The van der Waals surface area contributed by atoms with Gasteiger partial charge in [0.25, 0.3) is 6.64 Å². The van der Waals surface area contributed by atoms with Gasteiger partial charge in [0.2, 0.25) is 0 Å². The largest absolute Gasteiger partial charge is 0.318 e. The van der Waals surface area contributed by atoms with E-state index in [1.807, 2.05) is 27.7 Å². The summed E-state index contributed by atoms with van der Waals surface area (Å²) in [4.78, 5) is 0. The topological polar surface area (TPSA) is 30.5 Å². The minimum Gasteiger partial charge on any atom is -0.318 e. The molecule has 0 rings (SSSR count). The monoisotopic (exact) mass is 211 g/mol. The molecule has 0 aromatic rings. The molecule has 0 aliphatic rings. The van der Waals surface area contributed by atoms with Crippen molar-refractivity contribution in [2.75, 3.05) is 13.2 Å². The molecule has 12 heavy (non-hydrogen) atoms. The third-order valence-corrected chi connectivity index (χ3v) is 3.99. The van der Waals surface area contributed by atoms with Crippen LogP contribution in [0.4, 0.5) is 0 Å². The van der Waals surface area contributed by atoms with Crippen molar-refractivity contribution in [1.29, 1.82) is 0 Å². The maximum atomic E-state index is 5.37. The Morgan fingerprint density at radius 3 is 1.92 bits per heavy atom. The number of rotatable bonds is 6. The Kier molecular flexibility index (Phi) is 6.32. The van der Waals surface area contributed by atoms with Gasteiger partial charge in [0.05, 0.1) is 13.2 Å². The Bertz CT molecular complexity index is 153. The molecule has 1 N–H and O–H groups in total. The maximum Gasteiger partial charge on any atom is 0.261 e. The lowest BCUT2D eigenvalue weighted by atomic mass is 10.4. The summed E-state index contributed by atoms with van der Waals surface area (Å²) in [5, 5.41) is 3.14. The van der Waals surface area contributed by atoms with E-state index in [4.69, 9.17) is 20.9 Å². The van der Waals surface area contributed by atoms with Gasteiger partial charge in [-0.05, 0) is 39.5 Å². The van der Waals surface area contributed by atoms with Crippen molar-refractivity contribution in [2.24, 2.45) is 0 Å². The van der Waals surface area contributed by atoms with Gasteiger partial charge in [0, 0.05) is 6.04 Å². The fourth-order valence-corrected chi connectivity index (χ4v) is 3.57. The molecule has 0 aromatic heterocycles. The second-order valence-corrected chi connectivity index (χ2v) is 5.83. The summed E-state index contributed by atoms with van der Waals surface area (Å²) >= 11 is 5.23. The zero-order valence-corrected chi connectivity index (χ0v) is 9.87. The average Bonchev–Trinajstić information content (AvgIpc) is 1.85. The van der Waals surface area contributed by atoms with Crippen LogP contribution in [0.2, 0.25) is 0 Å². The fraction of sp³-hybridized carbons (Fsp3) is 1.00. The smallest absolute Gasteiger partial charge is 0.261 e. The van der Waals surface area contributed by atoms with Gasteiger partial charge in [0.15, 0.2) is 0 Å². The molecule has 0 aromatic carbocycles. The van der Waals surface area contributed by atoms with Gasteiger partial charge >= 0.3 is 0 Å². The molecule has 0 saturated carbocycles. The standard InChI is InChI=1S/C7H18NO2PS/c1-5-9-11(12,10-6-2)8-7(3)4/h7H,5-6H2,1-4H3,(H,8,12). The van der Waals surface area contributed by atoms with Gasteiger partial charge in [-0.2, -0.15) is 0 Å². The summed E-state index contributed by atoms with van der Waals surface area (Å²) in [5.41, 5.74) is 0. The molecule has 5 heteroatoms. The van der Waals surface area contributed by atoms with Crippen LogP contribution >= 0.6 is 6.64 Å². The lowest BCUT2D eigenvalue weighted by molar-refractivity contribution is 0.256. The minimum absolute atomic E-state index is 0.300. The van der Waals surface area contributed by atoms with E-state index in [-0.39, 0.29) is 0 Å². The Hall–Kier alpha value is 0.530. The Labute approximate surface area is 80.1 Å². The van der Waals surface area contributed by atoms with E-state index in [0.717, 1.165) is 0 Å². The molecule has 0 fully saturated rings. The van der Waals surface area contributed by atoms with Gasteiger partial charge in [-0.25, -0.2) is 5.09 Å². The van der Waals surface area contributed by atoms with Crippen LogP contribution in [0.15, 0.2) is 0 Å². The fourth-order valence-electron chi connectivity index (χ4n) is 0.768. The molecule has 0 radical (unpaired) electrons. The summed E-state index contributed by atoms with van der Waals surface area (Å²) < 4.78 is 10.7. The molecule has 0 aliphatic heterocycles. The van der Waals surface area contributed by atoms with Crippen molar-refractivity contribution in [3.8, 4) is 0 Å². The Morgan fingerprint density at radius 2 is 1.67 bits per heavy atom. The van der Waals surface area contributed by atoms with E-state index in [0.29, 0.717) is 19.3 Å². The van der Waals surface area contributed by atoms with E-state index >= 15 is 0 Å². The van der Waals surface area contributed by atoms with Crippen LogP contribution in [-0.4, -0.2) is 19.3 Å². The number of hydrogen-bond donors (Lipinski definition) is 1. The lowest BCUT2D eigenvalue weighted by Gasteiger charge is -2.23. The van der Waals surface area contributed by atoms with E-state index in [2.05, 4.69) is 5.09 Å². The molecule has 74 valence electrons. The summed E-state index contributed by atoms with van der Waals surface area (Å²) in [5.74, 6) is 0. The van der Waals surface area contributed by atoms with Gasteiger partial charge in [0.1, 0.15) is 0 Å². The van der Waals surface area contributed by atoms with Crippen LogP contribution in [0.3, 0.4) is 0 Å². The summed E-state index contributed by atoms with van der Waals surface area (Å²) in [6.07, 6.45) is 0. The first-order chi connectivity index (χ1) is 5.54. The minimum atomic E-state index is -2.19. The first-order valence-electron chi connectivity index (χ1n) is 4.21. The molecule has 0 aliphatic carbocycles. The normalized spacial score (nSPS) is 12.4. The molecule has 0 saturated heterocycles. The van der Waals surface area contributed by atoms with Crippen LogP contribution in [0, 0.1) is 0 Å². The highest BCUT2D eigenvalue weighted by Crippen LogP contribution is 2.44. The van der Waals surface area contributed by atoms with Crippen molar-refractivity contribution in [2.45, 2.75) is 33.7 Å². The molecule has 0 unspecified atom stereocenters.